The van der Waals surface area contributed by atoms with Crippen molar-refractivity contribution in [1.82, 2.24) is 5.32 Å². The van der Waals surface area contributed by atoms with Gasteiger partial charge < -0.3 is 5.11 Å². The number of hydrogen-bond donors (Lipinski definition) is 2. The second kappa shape index (κ2) is 5.44. The van der Waals surface area contributed by atoms with Gasteiger partial charge in [-0.25, -0.2) is 0 Å². The highest BCUT2D eigenvalue weighted by atomic mass is 16.4. The molecule has 1 heterocycles. The standard InChI is InChI=1S/C11H15NO4/c1-7-8(11(16)12-10(7)15)5-3-2-4-6-9(13)14/h2-6H2,1H3,(H,13,14)(H,12,15,16). The SMILES string of the molecule is CC1=C(CCCCCC(=O)O)C(=O)NC1=O. The summed E-state index contributed by atoms with van der Waals surface area (Å²) in [5.74, 6) is -1.42. The van der Waals surface area contributed by atoms with E-state index in [4.69, 9.17) is 5.11 Å². The van der Waals surface area contributed by atoms with Crippen LogP contribution in [-0.4, -0.2) is 22.9 Å². The lowest BCUT2D eigenvalue weighted by atomic mass is 10.0. The topological polar surface area (TPSA) is 83.5 Å². The first-order valence-corrected chi connectivity index (χ1v) is 5.29. The van der Waals surface area contributed by atoms with Crippen molar-refractivity contribution in [2.75, 3.05) is 0 Å². The predicted octanol–water partition coefficient (Wildman–Crippen LogP) is 0.994. The molecule has 0 aromatic carbocycles. The third kappa shape index (κ3) is 3.18. The van der Waals surface area contributed by atoms with Crippen LogP contribution >= 0.6 is 0 Å². The van der Waals surface area contributed by atoms with Gasteiger partial charge in [0.15, 0.2) is 0 Å². The molecular weight excluding hydrogens is 210 g/mol. The number of hydrogen-bond acceptors (Lipinski definition) is 3. The molecule has 0 bridgehead atoms. The van der Waals surface area contributed by atoms with Gasteiger partial charge in [-0.2, -0.15) is 0 Å². The number of imide groups is 1. The van der Waals surface area contributed by atoms with E-state index in [1.807, 2.05) is 0 Å². The van der Waals surface area contributed by atoms with Crippen LogP contribution in [0.3, 0.4) is 0 Å². The minimum atomic E-state index is -0.802. The highest BCUT2D eigenvalue weighted by Gasteiger charge is 2.25. The molecule has 0 saturated carbocycles. The van der Waals surface area contributed by atoms with Gasteiger partial charge in [0.1, 0.15) is 0 Å². The number of carboxylic acids is 1. The number of amides is 2. The van der Waals surface area contributed by atoms with E-state index in [1.165, 1.54) is 0 Å². The maximum Gasteiger partial charge on any atom is 0.303 e. The summed E-state index contributed by atoms with van der Waals surface area (Å²) >= 11 is 0. The zero-order valence-electron chi connectivity index (χ0n) is 9.21. The maximum atomic E-state index is 11.3. The summed E-state index contributed by atoms with van der Waals surface area (Å²) in [6.07, 6.45) is 2.80. The Bertz CT molecular complexity index is 357. The Hall–Kier alpha value is -1.65. The lowest BCUT2D eigenvalue weighted by Gasteiger charge is -2.00. The molecule has 5 nitrogen and oxygen atoms in total. The monoisotopic (exact) mass is 225 g/mol. The second-order valence-corrected chi connectivity index (χ2v) is 3.84. The Morgan fingerprint density at radius 2 is 1.88 bits per heavy atom. The molecular formula is C11H15NO4. The highest BCUT2D eigenvalue weighted by molar-refractivity contribution is 6.19. The summed E-state index contributed by atoms with van der Waals surface area (Å²) in [4.78, 5) is 32.6. The Labute approximate surface area is 93.5 Å². The van der Waals surface area contributed by atoms with Gasteiger partial charge in [0, 0.05) is 17.6 Å². The first kappa shape index (κ1) is 12.4. The van der Waals surface area contributed by atoms with Gasteiger partial charge in [-0.15, -0.1) is 0 Å². The van der Waals surface area contributed by atoms with E-state index in [1.54, 1.807) is 6.92 Å². The number of aliphatic carboxylic acids is 1. The average Bonchev–Trinajstić information content (AvgIpc) is 2.43. The van der Waals surface area contributed by atoms with Crippen molar-refractivity contribution < 1.29 is 19.5 Å². The fraction of sp³-hybridized carbons (Fsp3) is 0.545. The van der Waals surface area contributed by atoms with Crippen molar-refractivity contribution >= 4 is 17.8 Å². The van der Waals surface area contributed by atoms with Crippen LogP contribution in [0.4, 0.5) is 0 Å². The van der Waals surface area contributed by atoms with E-state index in [0.717, 1.165) is 12.8 Å². The van der Waals surface area contributed by atoms with Gasteiger partial charge in [-0.3, -0.25) is 19.7 Å². The number of nitrogens with one attached hydrogen (secondary N) is 1. The first-order valence-electron chi connectivity index (χ1n) is 5.29. The summed E-state index contributed by atoms with van der Waals surface area (Å²) in [6, 6.07) is 0. The molecule has 2 amide bonds. The molecule has 16 heavy (non-hydrogen) atoms. The minimum absolute atomic E-state index is 0.156. The normalized spacial score (nSPS) is 15.6. The Kier molecular flexibility index (Phi) is 4.22. The molecule has 0 aromatic heterocycles. The third-order valence-electron chi connectivity index (χ3n) is 2.61. The van der Waals surface area contributed by atoms with Gasteiger partial charge in [0.05, 0.1) is 0 Å². The van der Waals surface area contributed by atoms with Crippen LogP contribution in [0.5, 0.6) is 0 Å². The number of carbonyl (C=O) groups is 3. The van der Waals surface area contributed by atoms with Crippen LogP contribution in [0.25, 0.3) is 0 Å². The molecule has 2 N–H and O–H groups in total. The summed E-state index contributed by atoms with van der Waals surface area (Å²) in [5, 5.41) is 10.7. The first-order chi connectivity index (χ1) is 7.52. The number of carbonyl (C=O) groups excluding carboxylic acids is 2. The molecule has 5 heteroatoms. The van der Waals surface area contributed by atoms with Crippen molar-refractivity contribution in [3.8, 4) is 0 Å². The fourth-order valence-corrected chi connectivity index (χ4v) is 1.64. The Morgan fingerprint density at radius 3 is 2.38 bits per heavy atom. The van der Waals surface area contributed by atoms with E-state index >= 15 is 0 Å². The quantitative estimate of drug-likeness (QED) is 0.521. The van der Waals surface area contributed by atoms with Crippen molar-refractivity contribution in [1.29, 1.82) is 0 Å². The minimum Gasteiger partial charge on any atom is -0.481 e. The number of rotatable bonds is 6. The summed E-state index contributed by atoms with van der Waals surface area (Å²) in [5.41, 5.74) is 1.03. The smallest absolute Gasteiger partial charge is 0.303 e. The van der Waals surface area contributed by atoms with E-state index in [-0.39, 0.29) is 18.2 Å². The zero-order chi connectivity index (χ0) is 12.1. The van der Waals surface area contributed by atoms with E-state index < -0.39 is 5.97 Å². The largest absolute Gasteiger partial charge is 0.481 e. The van der Waals surface area contributed by atoms with Gasteiger partial charge in [-0.1, -0.05) is 6.42 Å². The molecule has 0 aromatic rings. The fourth-order valence-electron chi connectivity index (χ4n) is 1.64. The molecule has 0 fully saturated rings. The molecule has 88 valence electrons. The average molecular weight is 225 g/mol. The van der Waals surface area contributed by atoms with Gasteiger partial charge in [-0.05, 0) is 26.2 Å². The zero-order valence-corrected chi connectivity index (χ0v) is 9.21. The van der Waals surface area contributed by atoms with E-state index in [9.17, 15) is 14.4 Å². The summed E-state index contributed by atoms with van der Waals surface area (Å²) < 4.78 is 0. The highest BCUT2D eigenvalue weighted by Crippen LogP contribution is 2.18. The lowest BCUT2D eigenvalue weighted by molar-refractivity contribution is -0.137. The molecule has 1 aliphatic heterocycles. The van der Waals surface area contributed by atoms with Crippen molar-refractivity contribution in [3.63, 3.8) is 0 Å². The number of carboxylic acid groups (broad SMARTS) is 1. The van der Waals surface area contributed by atoms with Crippen LogP contribution in [0.2, 0.25) is 0 Å². The number of unbranched alkanes of at least 4 members (excludes halogenated alkanes) is 2. The third-order valence-corrected chi connectivity index (χ3v) is 2.61. The molecule has 0 aliphatic carbocycles. The molecule has 0 unspecified atom stereocenters. The molecule has 1 rings (SSSR count). The van der Waals surface area contributed by atoms with Crippen molar-refractivity contribution in [3.05, 3.63) is 11.1 Å². The lowest BCUT2D eigenvalue weighted by Crippen LogP contribution is -2.22. The summed E-state index contributed by atoms with van der Waals surface area (Å²) in [7, 11) is 0. The molecule has 0 saturated heterocycles. The van der Waals surface area contributed by atoms with E-state index in [2.05, 4.69) is 5.32 Å². The summed E-state index contributed by atoms with van der Waals surface area (Å²) in [6.45, 7) is 1.63. The Balaban J connectivity index is 2.30. The molecule has 0 radical (unpaired) electrons. The van der Waals surface area contributed by atoms with Crippen LogP contribution in [-0.2, 0) is 14.4 Å². The second-order valence-electron chi connectivity index (χ2n) is 3.84. The molecule has 0 atom stereocenters. The van der Waals surface area contributed by atoms with Crippen LogP contribution in [0.1, 0.15) is 39.0 Å². The van der Waals surface area contributed by atoms with Crippen molar-refractivity contribution in [2.24, 2.45) is 0 Å². The molecule has 0 spiro atoms. The van der Waals surface area contributed by atoms with Gasteiger partial charge >= 0.3 is 5.97 Å². The van der Waals surface area contributed by atoms with Crippen LogP contribution < -0.4 is 5.32 Å². The molecule has 1 aliphatic rings. The van der Waals surface area contributed by atoms with Crippen LogP contribution in [0.15, 0.2) is 11.1 Å². The van der Waals surface area contributed by atoms with Gasteiger partial charge in [0.2, 0.25) is 0 Å². The van der Waals surface area contributed by atoms with Crippen molar-refractivity contribution in [2.45, 2.75) is 39.0 Å². The van der Waals surface area contributed by atoms with Gasteiger partial charge in [0.25, 0.3) is 11.8 Å². The maximum absolute atomic E-state index is 11.3. The Morgan fingerprint density at radius 1 is 1.19 bits per heavy atom. The predicted molar refractivity (Wildman–Crippen MR) is 56.6 cm³/mol. The van der Waals surface area contributed by atoms with E-state index in [0.29, 0.717) is 24.0 Å². The van der Waals surface area contributed by atoms with Crippen LogP contribution in [0, 0.1) is 0 Å².